The second-order valence-corrected chi connectivity index (χ2v) is 5.47. The molecule has 2 rings (SSSR count). The molecule has 0 unspecified atom stereocenters. The quantitative estimate of drug-likeness (QED) is 0.734. The van der Waals surface area contributed by atoms with Gasteiger partial charge in [0.1, 0.15) is 0 Å². The van der Waals surface area contributed by atoms with Gasteiger partial charge in [0, 0.05) is 35.4 Å². The van der Waals surface area contributed by atoms with Gasteiger partial charge in [-0.2, -0.15) is 0 Å². The summed E-state index contributed by atoms with van der Waals surface area (Å²) in [5, 5.41) is 0. The van der Waals surface area contributed by atoms with Crippen LogP contribution >= 0.6 is 22.6 Å². The van der Waals surface area contributed by atoms with Crippen LogP contribution in [-0.4, -0.2) is 38.1 Å². The molecule has 1 saturated heterocycles. The Labute approximate surface area is 105 Å². The van der Waals surface area contributed by atoms with E-state index in [0.717, 1.165) is 13.1 Å². The summed E-state index contributed by atoms with van der Waals surface area (Å²) in [5.41, 5.74) is 2.80. The molecular formula is C12H17IN2. The lowest BCUT2D eigenvalue weighted by molar-refractivity contribution is 0.312. The lowest BCUT2D eigenvalue weighted by atomic mass is 10.1. The first-order valence-corrected chi connectivity index (χ1v) is 6.44. The highest BCUT2D eigenvalue weighted by Gasteiger charge is 2.15. The van der Waals surface area contributed by atoms with E-state index in [0.29, 0.717) is 0 Å². The van der Waals surface area contributed by atoms with Crippen molar-refractivity contribution in [1.29, 1.82) is 0 Å². The fourth-order valence-electron chi connectivity index (χ4n) is 2.02. The summed E-state index contributed by atoms with van der Waals surface area (Å²) < 4.78 is 1.32. The Kier molecular flexibility index (Phi) is 3.51. The van der Waals surface area contributed by atoms with Crippen LogP contribution in [0, 0.1) is 10.5 Å². The van der Waals surface area contributed by atoms with Crippen LogP contribution in [0.5, 0.6) is 0 Å². The van der Waals surface area contributed by atoms with Gasteiger partial charge in [0.15, 0.2) is 0 Å². The normalized spacial score (nSPS) is 18.2. The van der Waals surface area contributed by atoms with Crippen LogP contribution in [0.15, 0.2) is 18.2 Å². The van der Waals surface area contributed by atoms with E-state index in [1.54, 1.807) is 0 Å². The summed E-state index contributed by atoms with van der Waals surface area (Å²) >= 11 is 2.37. The standard InChI is InChI=1S/C12H17IN2/c1-10-9-11(13)3-4-12(10)15-7-5-14(2)6-8-15/h3-4,9H,5-8H2,1-2H3. The first kappa shape index (κ1) is 11.2. The van der Waals surface area contributed by atoms with Gasteiger partial charge in [-0.25, -0.2) is 0 Å². The Morgan fingerprint density at radius 1 is 1.13 bits per heavy atom. The molecule has 0 radical (unpaired) electrons. The third-order valence-electron chi connectivity index (χ3n) is 3.00. The van der Waals surface area contributed by atoms with Gasteiger partial charge < -0.3 is 9.80 Å². The van der Waals surface area contributed by atoms with Crippen molar-refractivity contribution in [3.63, 3.8) is 0 Å². The third kappa shape index (κ3) is 2.64. The largest absolute Gasteiger partial charge is 0.369 e. The SMILES string of the molecule is Cc1cc(I)ccc1N1CCN(C)CC1. The number of piperazine rings is 1. The van der Waals surface area contributed by atoms with Gasteiger partial charge in [0.25, 0.3) is 0 Å². The summed E-state index contributed by atoms with van der Waals surface area (Å²) in [4.78, 5) is 4.88. The molecule has 3 heteroatoms. The number of aryl methyl sites for hydroxylation is 1. The maximum absolute atomic E-state index is 2.49. The van der Waals surface area contributed by atoms with Crippen molar-refractivity contribution in [3.05, 3.63) is 27.3 Å². The van der Waals surface area contributed by atoms with Crippen LogP contribution < -0.4 is 4.90 Å². The zero-order chi connectivity index (χ0) is 10.8. The molecule has 0 saturated carbocycles. The first-order valence-electron chi connectivity index (χ1n) is 5.36. The van der Waals surface area contributed by atoms with Crippen molar-refractivity contribution in [2.24, 2.45) is 0 Å². The third-order valence-corrected chi connectivity index (χ3v) is 3.67. The molecule has 1 aromatic rings. The van der Waals surface area contributed by atoms with Crippen LogP contribution in [0.25, 0.3) is 0 Å². The van der Waals surface area contributed by atoms with Crippen molar-refractivity contribution in [2.45, 2.75) is 6.92 Å². The molecule has 0 atom stereocenters. The Morgan fingerprint density at radius 2 is 1.80 bits per heavy atom. The Hall–Kier alpha value is -0.290. The Morgan fingerprint density at radius 3 is 2.40 bits per heavy atom. The second kappa shape index (κ2) is 4.70. The number of anilines is 1. The van der Waals surface area contributed by atoms with E-state index in [-0.39, 0.29) is 0 Å². The van der Waals surface area contributed by atoms with Gasteiger partial charge >= 0.3 is 0 Å². The molecule has 0 aromatic heterocycles. The minimum absolute atomic E-state index is 1.15. The summed E-state index contributed by atoms with van der Waals surface area (Å²) in [6.07, 6.45) is 0. The van der Waals surface area contributed by atoms with Crippen LogP contribution in [0.4, 0.5) is 5.69 Å². The van der Waals surface area contributed by atoms with Crippen molar-refractivity contribution in [1.82, 2.24) is 4.90 Å². The van der Waals surface area contributed by atoms with Crippen molar-refractivity contribution in [2.75, 3.05) is 38.1 Å². The van der Waals surface area contributed by atoms with Crippen LogP contribution in [0.2, 0.25) is 0 Å². The Balaban J connectivity index is 2.15. The molecule has 0 bridgehead atoms. The number of rotatable bonds is 1. The molecule has 0 spiro atoms. The molecule has 1 aliphatic heterocycles. The molecule has 1 fully saturated rings. The fourth-order valence-corrected chi connectivity index (χ4v) is 2.67. The van der Waals surface area contributed by atoms with E-state index in [2.05, 4.69) is 64.6 Å². The summed E-state index contributed by atoms with van der Waals surface area (Å²) in [7, 11) is 2.19. The smallest absolute Gasteiger partial charge is 0.0397 e. The maximum Gasteiger partial charge on any atom is 0.0397 e. The zero-order valence-electron chi connectivity index (χ0n) is 9.33. The molecule has 15 heavy (non-hydrogen) atoms. The summed E-state index contributed by atoms with van der Waals surface area (Å²) in [6.45, 7) is 6.85. The zero-order valence-corrected chi connectivity index (χ0v) is 11.5. The van der Waals surface area contributed by atoms with Gasteiger partial charge in [-0.1, -0.05) is 0 Å². The molecule has 0 aliphatic carbocycles. The average Bonchev–Trinajstić information content (AvgIpc) is 2.20. The molecule has 2 nitrogen and oxygen atoms in total. The molecular weight excluding hydrogens is 299 g/mol. The number of halogens is 1. The van der Waals surface area contributed by atoms with Gasteiger partial charge in [-0.05, 0) is 60.3 Å². The van der Waals surface area contributed by atoms with E-state index >= 15 is 0 Å². The van der Waals surface area contributed by atoms with Gasteiger partial charge in [-0.3, -0.25) is 0 Å². The molecule has 1 aliphatic rings. The van der Waals surface area contributed by atoms with Crippen LogP contribution in [0.3, 0.4) is 0 Å². The topological polar surface area (TPSA) is 6.48 Å². The molecule has 1 aromatic carbocycles. The van der Waals surface area contributed by atoms with Crippen molar-refractivity contribution < 1.29 is 0 Å². The lowest BCUT2D eigenvalue weighted by Crippen LogP contribution is -2.44. The van der Waals surface area contributed by atoms with Crippen LogP contribution in [-0.2, 0) is 0 Å². The Bertz CT molecular complexity index is 343. The highest BCUT2D eigenvalue weighted by atomic mass is 127. The van der Waals surface area contributed by atoms with Gasteiger partial charge in [0.05, 0.1) is 0 Å². The van der Waals surface area contributed by atoms with Crippen LogP contribution in [0.1, 0.15) is 5.56 Å². The van der Waals surface area contributed by atoms with E-state index in [9.17, 15) is 0 Å². The minimum atomic E-state index is 1.15. The van der Waals surface area contributed by atoms with Crippen molar-refractivity contribution in [3.8, 4) is 0 Å². The number of hydrogen-bond acceptors (Lipinski definition) is 2. The van der Waals surface area contributed by atoms with Gasteiger partial charge in [0.2, 0.25) is 0 Å². The monoisotopic (exact) mass is 316 g/mol. The number of nitrogens with zero attached hydrogens (tertiary/aromatic N) is 2. The van der Waals surface area contributed by atoms with E-state index in [1.165, 1.54) is 27.9 Å². The fraction of sp³-hybridized carbons (Fsp3) is 0.500. The predicted molar refractivity (Wildman–Crippen MR) is 73.6 cm³/mol. The molecule has 1 heterocycles. The first-order chi connectivity index (χ1) is 7.16. The van der Waals surface area contributed by atoms with E-state index in [1.807, 2.05) is 0 Å². The van der Waals surface area contributed by atoms with Gasteiger partial charge in [-0.15, -0.1) is 0 Å². The highest BCUT2D eigenvalue weighted by Crippen LogP contribution is 2.22. The summed E-state index contributed by atoms with van der Waals surface area (Å²) in [6, 6.07) is 6.71. The molecule has 0 amide bonds. The predicted octanol–water partition coefficient (Wildman–Crippen LogP) is 2.35. The second-order valence-electron chi connectivity index (χ2n) is 4.22. The molecule has 0 N–H and O–H groups in total. The van der Waals surface area contributed by atoms with E-state index < -0.39 is 0 Å². The lowest BCUT2D eigenvalue weighted by Gasteiger charge is -2.34. The molecule has 82 valence electrons. The maximum atomic E-state index is 2.49. The van der Waals surface area contributed by atoms with E-state index in [4.69, 9.17) is 0 Å². The van der Waals surface area contributed by atoms with Crippen molar-refractivity contribution >= 4 is 28.3 Å². The summed E-state index contributed by atoms with van der Waals surface area (Å²) in [5.74, 6) is 0. The number of benzene rings is 1. The number of hydrogen-bond donors (Lipinski definition) is 0. The average molecular weight is 316 g/mol. The minimum Gasteiger partial charge on any atom is -0.369 e. The number of likely N-dealkylation sites (N-methyl/N-ethyl adjacent to an activating group) is 1. The highest BCUT2D eigenvalue weighted by molar-refractivity contribution is 14.1.